The number of hydrazine groups is 1. The van der Waals surface area contributed by atoms with Crippen LogP contribution in [0.15, 0.2) is 12.1 Å². The Morgan fingerprint density at radius 3 is 1.95 bits per heavy atom. The van der Waals surface area contributed by atoms with Crippen molar-refractivity contribution in [2.45, 2.75) is 20.8 Å². The lowest BCUT2D eigenvalue weighted by atomic mass is 10.1. The smallest absolute Gasteiger partial charge is 0.269 e. The van der Waals surface area contributed by atoms with Crippen LogP contribution in [0.25, 0.3) is 0 Å². The minimum Gasteiger partial charge on any atom is -0.496 e. The molecule has 0 atom stereocenters. The quantitative estimate of drug-likeness (QED) is 0.818. The number of hydrogen-bond donors (Lipinski definition) is 2. The first-order chi connectivity index (χ1) is 9.40. The SMILES string of the molecule is COc1cc(C(=O)NNC(=O)C(C)C)cc(OC)c1C. The minimum atomic E-state index is -0.435. The highest BCUT2D eigenvalue weighted by molar-refractivity contribution is 5.96. The zero-order valence-electron chi connectivity index (χ0n) is 12.4. The Hall–Kier alpha value is -2.24. The van der Waals surface area contributed by atoms with Gasteiger partial charge in [-0.3, -0.25) is 20.4 Å². The molecule has 0 fully saturated rings. The number of hydrogen-bond acceptors (Lipinski definition) is 4. The van der Waals surface area contributed by atoms with Crippen LogP contribution >= 0.6 is 0 Å². The number of benzene rings is 1. The van der Waals surface area contributed by atoms with Crippen LogP contribution in [0.5, 0.6) is 11.5 Å². The Bertz CT molecular complexity index is 487. The number of carbonyl (C=O) groups excluding carboxylic acids is 2. The Morgan fingerprint density at radius 2 is 1.55 bits per heavy atom. The van der Waals surface area contributed by atoms with Crippen molar-refractivity contribution in [1.82, 2.24) is 10.9 Å². The molecule has 0 saturated heterocycles. The molecule has 110 valence electrons. The number of rotatable bonds is 4. The highest BCUT2D eigenvalue weighted by Gasteiger charge is 2.14. The third kappa shape index (κ3) is 3.63. The highest BCUT2D eigenvalue weighted by atomic mass is 16.5. The van der Waals surface area contributed by atoms with Crippen molar-refractivity contribution in [3.63, 3.8) is 0 Å². The van der Waals surface area contributed by atoms with E-state index in [0.29, 0.717) is 17.1 Å². The van der Waals surface area contributed by atoms with Crippen molar-refractivity contribution in [3.05, 3.63) is 23.3 Å². The molecular weight excluding hydrogens is 260 g/mol. The van der Waals surface area contributed by atoms with Gasteiger partial charge >= 0.3 is 0 Å². The van der Waals surface area contributed by atoms with E-state index in [1.807, 2.05) is 6.92 Å². The molecule has 6 heteroatoms. The van der Waals surface area contributed by atoms with Crippen LogP contribution in [0.4, 0.5) is 0 Å². The van der Waals surface area contributed by atoms with Gasteiger partial charge in [0, 0.05) is 17.0 Å². The molecule has 2 amide bonds. The molecular formula is C14H20N2O4. The molecule has 2 N–H and O–H groups in total. The van der Waals surface area contributed by atoms with Crippen molar-refractivity contribution >= 4 is 11.8 Å². The normalized spacial score (nSPS) is 10.1. The van der Waals surface area contributed by atoms with Crippen LogP contribution in [0.1, 0.15) is 29.8 Å². The van der Waals surface area contributed by atoms with Gasteiger partial charge in [-0.15, -0.1) is 0 Å². The summed E-state index contributed by atoms with van der Waals surface area (Å²) in [4.78, 5) is 23.4. The van der Waals surface area contributed by atoms with Crippen molar-refractivity contribution in [1.29, 1.82) is 0 Å². The van der Waals surface area contributed by atoms with Gasteiger partial charge in [0.1, 0.15) is 11.5 Å². The van der Waals surface area contributed by atoms with Crippen LogP contribution in [0, 0.1) is 12.8 Å². The lowest BCUT2D eigenvalue weighted by molar-refractivity contribution is -0.124. The standard InChI is InChI=1S/C14H20N2O4/c1-8(2)13(17)15-16-14(18)10-6-11(19-4)9(3)12(7-10)20-5/h6-8H,1-5H3,(H,15,17)(H,16,18). The predicted molar refractivity (Wildman–Crippen MR) is 74.7 cm³/mol. The fraction of sp³-hybridized carbons (Fsp3) is 0.429. The lowest BCUT2D eigenvalue weighted by Gasteiger charge is -2.13. The van der Waals surface area contributed by atoms with Crippen molar-refractivity contribution in [2.24, 2.45) is 5.92 Å². The van der Waals surface area contributed by atoms with Gasteiger partial charge in [-0.25, -0.2) is 0 Å². The second-order valence-corrected chi connectivity index (χ2v) is 4.60. The number of amides is 2. The first-order valence-corrected chi connectivity index (χ1v) is 6.23. The maximum Gasteiger partial charge on any atom is 0.269 e. The topological polar surface area (TPSA) is 76.7 Å². The lowest BCUT2D eigenvalue weighted by Crippen LogP contribution is -2.43. The summed E-state index contributed by atoms with van der Waals surface area (Å²) in [5, 5.41) is 0. The van der Waals surface area contributed by atoms with E-state index in [0.717, 1.165) is 5.56 Å². The second-order valence-electron chi connectivity index (χ2n) is 4.60. The van der Waals surface area contributed by atoms with E-state index >= 15 is 0 Å². The summed E-state index contributed by atoms with van der Waals surface area (Å²) < 4.78 is 10.4. The molecule has 0 aliphatic heterocycles. The average molecular weight is 280 g/mol. The Morgan fingerprint density at radius 1 is 1.05 bits per heavy atom. The average Bonchev–Trinajstić information content (AvgIpc) is 2.44. The summed E-state index contributed by atoms with van der Waals surface area (Å²) in [6, 6.07) is 3.18. The van der Waals surface area contributed by atoms with Gasteiger partial charge in [-0.2, -0.15) is 0 Å². The molecule has 1 aromatic rings. The number of carbonyl (C=O) groups is 2. The Kier molecular flexibility index (Phi) is 5.37. The summed E-state index contributed by atoms with van der Waals surface area (Å²) in [5.74, 6) is 0.187. The molecule has 0 unspecified atom stereocenters. The van der Waals surface area contributed by atoms with Crippen LogP contribution in [0.2, 0.25) is 0 Å². The van der Waals surface area contributed by atoms with E-state index in [-0.39, 0.29) is 11.8 Å². The first kappa shape index (κ1) is 15.8. The van der Waals surface area contributed by atoms with Crippen molar-refractivity contribution in [3.8, 4) is 11.5 Å². The van der Waals surface area contributed by atoms with Crippen LogP contribution in [-0.4, -0.2) is 26.0 Å². The summed E-state index contributed by atoms with van der Waals surface area (Å²) in [5.41, 5.74) is 5.85. The van der Waals surface area contributed by atoms with Gasteiger partial charge < -0.3 is 9.47 Å². The van der Waals surface area contributed by atoms with Gasteiger partial charge in [0.05, 0.1) is 14.2 Å². The van der Waals surface area contributed by atoms with Crippen molar-refractivity contribution in [2.75, 3.05) is 14.2 Å². The highest BCUT2D eigenvalue weighted by Crippen LogP contribution is 2.29. The number of ether oxygens (including phenoxy) is 2. The molecule has 20 heavy (non-hydrogen) atoms. The molecule has 0 saturated carbocycles. The molecule has 0 aromatic heterocycles. The molecule has 0 spiro atoms. The largest absolute Gasteiger partial charge is 0.496 e. The van der Waals surface area contributed by atoms with E-state index < -0.39 is 5.91 Å². The summed E-state index contributed by atoms with van der Waals surface area (Å²) in [7, 11) is 3.04. The van der Waals surface area contributed by atoms with Crippen LogP contribution in [0.3, 0.4) is 0 Å². The molecule has 0 aliphatic carbocycles. The van der Waals surface area contributed by atoms with E-state index in [4.69, 9.17) is 9.47 Å². The van der Waals surface area contributed by atoms with E-state index in [1.54, 1.807) is 26.0 Å². The summed E-state index contributed by atoms with van der Waals surface area (Å²) in [6.07, 6.45) is 0. The van der Waals surface area contributed by atoms with Gasteiger partial charge in [0.2, 0.25) is 5.91 Å². The van der Waals surface area contributed by atoms with Crippen LogP contribution < -0.4 is 20.3 Å². The van der Waals surface area contributed by atoms with Gasteiger partial charge in [0.15, 0.2) is 0 Å². The zero-order chi connectivity index (χ0) is 15.3. The van der Waals surface area contributed by atoms with E-state index in [9.17, 15) is 9.59 Å². The van der Waals surface area contributed by atoms with E-state index in [2.05, 4.69) is 10.9 Å². The zero-order valence-corrected chi connectivity index (χ0v) is 12.4. The second kappa shape index (κ2) is 6.79. The van der Waals surface area contributed by atoms with Gasteiger partial charge in [-0.05, 0) is 19.1 Å². The fourth-order valence-electron chi connectivity index (χ4n) is 1.55. The maximum absolute atomic E-state index is 12.0. The first-order valence-electron chi connectivity index (χ1n) is 6.23. The molecule has 6 nitrogen and oxygen atoms in total. The molecule has 0 aliphatic rings. The third-order valence-electron chi connectivity index (χ3n) is 2.84. The summed E-state index contributed by atoms with van der Waals surface area (Å²) in [6.45, 7) is 5.30. The van der Waals surface area contributed by atoms with Crippen molar-refractivity contribution < 1.29 is 19.1 Å². The molecule has 1 rings (SSSR count). The van der Waals surface area contributed by atoms with Gasteiger partial charge in [-0.1, -0.05) is 13.8 Å². The maximum atomic E-state index is 12.0. The number of nitrogens with one attached hydrogen (secondary N) is 2. The Balaban J connectivity index is 2.90. The summed E-state index contributed by atoms with van der Waals surface area (Å²) >= 11 is 0. The van der Waals surface area contributed by atoms with Crippen LogP contribution in [-0.2, 0) is 4.79 Å². The minimum absolute atomic E-state index is 0.211. The molecule has 0 radical (unpaired) electrons. The fourth-order valence-corrected chi connectivity index (χ4v) is 1.55. The molecule has 0 heterocycles. The predicted octanol–water partition coefficient (Wildman–Crippen LogP) is 1.43. The van der Waals surface area contributed by atoms with Gasteiger partial charge in [0.25, 0.3) is 5.91 Å². The molecule has 0 bridgehead atoms. The Labute approximate surface area is 118 Å². The third-order valence-corrected chi connectivity index (χ3v) is 2.84. The van der Waals surface area contributed by atoms with E-state index in [1.165, 1.54) is 14.2 Å². The number of methoxy groups -OCH3 is 2. The molecule has 1 aromatic carbocycles. The monoisotopic (exact) mass is 280 g/mol.